The van der Waals surface area contributed by atoms with Gasteiger partial charge >= 0.3 is 0 Å². The highest BCUT2D eigenvalue weighted by atomic mass is 32.2. The largest absolute Gasteiger partial charge is 0.321 e. The van der Waals surface area contributed by atoms with E-state index in [2.05, 4.69) is 10.2 Å². The second kappa shape index (κ2) is 7.02. The van der Waals surface area contributed by atoms with Gasteiger partial charge in [-0.1, -0.05) is 18.2 Å². The highest BCUT2D eigenvalue weighted by Gasteiger charge is 2.28. The van der Waals surface area contributed by atoms with Crippen LogP contribution in [0.4, 0.5) is 5.69 Å². The monoisotopic (exact) mass is 365 g/mol. The standard InChI is InChI=1S/C16H19N3O3S2/c1-18-7-9-19(10-8-18)24(21,22)14-11-15(23-12-14)16(20)17-13-5-3-2-4-6-13/h2-6,11-12H,7-10H2,1H3,(H,17,20). The summed E-state index contributed by atoms with van der Waals surface area (Å²) in [4.78, 5) is 14.9. The number of hydrogen-bond donors (Lipinski definition) is 1. The van der Waals surface area contributed by atoms with Crippen LogP contribution in [0.2, 0.25) is 0 Å². The van der Waals surface area contributed by atoms with Crippen molar-refractivity contribution in [2.45, 2.75) is 4.90 Å². The fraction of sp³-hybridized carbons (Fsp3) is 0.312. The van der Waals surface area contributed by atoms with Crippen molar-refractivity contribution in [2.75, 3.05) is 38.5 Å². The van der Waals surface area contributed by atoms with Crippen LogP contribution in [0.5, 0.6) is 0 Å². The minimum atomic E-state index is -3.53. The first-order valence-electron chi connectivity index (χ1n) is 7.60. The Hall–Kier alpha value is -1.74. The molecule has 8 heteroatoms. The molecular formula is C16H19N3O3S2. The van der Waals surface area contributed by atoms with E-state index in [0.717, 1.165) is 11.3 Å². The van der Waals surface area contributed by atoms with E-state index in [1.54, 1.807) is 12.1 Å². The number of carbonyl (C=O) groups is 1. The van der Waals surface area contributed by atoms with E-state index < -0.39 is 10.0 Å². The third kappa shape index (κ3) is 3.67. The van der Waals surface area contributed by atoms with Crippen molar-refractivity contribution < 1.29 is 13.2 Å². The van der Waals surface area contributed by atoms with Crippen molar-refractivity contribution in [1.82, 2.24) is 9.21 Å². The molecule has 0 atom stereocenters. The number of carbonyl (C=O) groups excluding carboxylic acids is 1. The number of anilines is 1. The molecule has 0 saturated carbocycles. The average Bonchev–Trinajstić information content (AvgIpc) is 3.07. The maximum atomic E-state index is 12.7. The van der Waals surface area contributed by atoms with Gasteiger partial charge in [0.15, 0.2) is 0 Å². The first kappa shape index (κ1) is 17.1. The molecule has 1 saturated heterocycles. The van der Waals surface area contributed by atoms with Crippen molar-refractivity contribution in [3.05, 3.63) is 46.7 Å². The molecule has 24 heavy (non-hydrogen) atoms. The van der Waals surface area contributed by atoms with Crippen LogP contribution in [-0.2, 0) is 10.0 Å². The van der Waals surface area contributed by atoms with E-state index in [0.29, 0.717) is 36.7 Å². The molecule has 1 N–H and O–H groups in total. The number of thiophene rings is 1. The van der Waals surface area contributed by atoms with Crippen molar-refractivity contribution >= 4 is 33.0 Å². The van der Waals surface area contributed by atoms with E-state index in [9.17, 15) is 13.2 Å². The van der Waals surface area contributed by atoms with Gasteiger partial charge in [-0.05, 0) is 25.2 Å². The molecule has 0 spiro atoms. The number of piperazine rings is 1. The van der Waals surface area contributed by atoms with Crippen molar-refractivity contribution in [2.24, 2.45) is 0 Å². The van der Waals surface area contributed by atoms with Gasteiger partial charge in [0.1, 0.15) is 0 Å². The molecule has 6 nitrogen and oxygen atoms in total. The topological polar surface area (TPSA) is 69.7 Å². The zero-order valence-corrected chi connectivity index (χ0v) is 14.9. The predicted octanol–water partition coefficient (Wildman–Crippen LogP) is 1.94. The lowest BCUT2D eigenvalue weighted by Crippen LogP contribution is -2.46. The Morgan fingerprint density at radius 2 is 1.79 bits per heavy atom. The number of nitrogens with one attached hydrogen (secondary N) is 1. The van der Waals surface area contributed by atoms with Crippen molar-refractivity contribution in [3.63, 3.8) is 0 Å². The summed E-state index contributed by atoms with van der Waals surface area (Å²) in [5.41, 5.74) is 0.680. The van der Waals surface area contributed by atoms with Gasteiger partial charge in [0.2, 0.25) is 10.0 Å². The van der Waals surface area contributed by atoms with Crippen LogP contribution in [0.25, 0.3) is 0 Å². The number of para-hydroxylation sites is 1. The highest BCUT2D eigenvalue weighted by molar-refractivity contribution is 7.89. The van der Waals surface area contributed by atoms with E-state index in [-0.39, 0.29) is 10.8 Å². The molecule has 128 valence electrons. The van der Waals surface area contributed by atoms with Gasteiger partial charge in [-0.2, -0.15) is 4.31 Å². The third-order valence-electron chi connectivity index (χ3n) is 3.93. The first-order chi connectivity index (χ1) is 11.5. The molecule has 1 aliphatic rings. The van der Waals surface area contributed by atoms with Gasteiger partial charge in [-0.25, -0.2) is 8.42 Å². The molecule has 0 bridgehead atoms. The van der Waals surface area contributed by atoms with Gasteiger partial charge in [0, 0.05) is 37.2 Å². The molecule has 2 heterocycles. The highest BCUT2D eigenvalue weighted by Crippen LogP contribution is 2.24. The van der Waals surface area contributed by atoms with E-state index in [4.69, 9.17) is 0 Å². The van der Waals surface area contributed by atoms with Crippen LogP contribution >= 0.6 is 11.3 Å². The Morgan fingerprint density at radius 1 is 1.12 bits per heavy atom. The second-order valence-electron chi connectivity index (χ2n) is 5.67. The van der Waals surface area contributed by atoms with Gasteiger partial charge in [-0.3, -0.25) is 4.79 Å². The number of rotatable bonds is 4. The van der Waals surface area contributed by atoms with Crippen LogP contribution in [0.15, 0.2) is 46.7 Å². The van der Waals surface area contributed by atoms with E-state index >= 15 is 0 Å². The summed E-state index contributed by atoms with van der Waals surface area (Å²) in [7, 11) is -1.56. The number of hydrogen-bond acceptors (Lipinski definition) is 5. The Kier molecular flexibility index (Phi) is 5.00. The van der Waals surface area contributed by atoms with Gasteiger partial charge < -0.3 is 10.2 Å². The second-order valence-corrected chi connectivity index (χ2v) is 8.52. The number of benzene rings is 1. The Morgan fingerprint density at radius 3 is 2.46 bits per heavy atom. The van der Waals surface area contributed by atoms with E-state index in [1.807, 2.05) is 25.2 Å². The summed E-state index contributed by atoms with van der Waals surface area (Å²) >= 11 is 1.14. The summed E-state index contributed by atoms with van der Waals surface area (Å²) in [5.74, 6) is -0.300. The number of nitrogens with zero attached hydrogens (tertiary/aromatic N) is 2. The summed E-state index contributed by atoms with van der Waals surface area (Å²) in [6.07, 6.45) is 0. The quantitative estimate of drug-likeness (QED) is 0.899. The fourth-order valence-electron chi connectivity index (χ4n) is 2.46. The lowest BCUT2D eigenvalue weighted by molar-refractivity contribution is 0.103. The number of amides is 1. The molecule has 2 aromatic rings. The Balaban J connectivity index is 1.74. The number of sulfonamides is 1. The zero-order chi connectivity index (χ0) is 17.2. The summed E-state index contributed by atoms with van der Waals surface area (Å²) in [5, 5.41) is 4.30. The van der Waals surface area contributed by atoms with Crippen molar-refractivity contribution in [3.8, 4) is 0 Å². The SMILES string of the molecule is CN1CCN(S(=O)(=O)c2csc(C(=O)Nc3ccccc3)c2)CC1. The molecular weight excluding hydrogens is 346 g/mol. The first-order valence-corrected chi connectivity index (χ1v) is 9.92. The predicted molar refractivity (Wildman–Crippen MR) is 95.0 cm³/mol. The van der Waals surface area contributed by atoms with Crippen LogP contribution < -0.4 is 5.32 Å². The Labute approximate surface area is 145 Å². The summed E-state index contributed by atoms with van der Waals surface area (Å²) < 4.78 is 26.8. The fourth-order valence-corrected chi connectivity index (χ4v) is 5.04. The number of likely N-dealkylation sites (N-methyl/N-ethyl adjacent to an activating group) is 1. The lowest BCUT2D eigenvalue weighted by Gasteiger charge is -2.31. The smallest absolute Gasteiger partial charge is 0.265 e. The van der Waals surface area contributed by atoms with E-state index in [1.165, 1.54) is 15.8 Å². The molecule has 1 aromatic heterocycles. The van der Waals surface area contributed by atoms with Crippen LogP contribution in [0, 0.1) is 0 Å². The summed E-state index contributed by atoms with van der Waals surface area (Å²) in [6, 6.07) is 10.5. The van der Waals surface area contributed by atoms with Gasteiger partial charge in [0.05, 0.1) is 9.77 Å². The Bertz CT molecular complexity index is 810. The molecule has 0 radical (unpaired) electrons. The third-order valence-corrected chi connectivity index (χ3v) is 6.89. The van der Waals surface area contributed by atoms with Crippen LogP contribution in [0.1, 0.15) is 9.67 Å². The molecule has 1 amide bonds. The van der Waals surface area contributed by atoms with Crippen LogP contribution in [-0.4, -0.2) is 56.8 Å². The summed E-state index contributed by atoms with van der Waals surface area (Å²) in [6.45, 7) is 2.37. The molecule has 1 aliphatic heterocycles. The molecule has 0 aliphatic carbocycles. The van der Waals surface area contributed by atoms with Gasteiger partial charge in [0.25, 0.3) is 5.91 Å². The van der Waals surface area contributed by atoms with Crippen molar-refractivity contribution in [1.29, 1.82) is 0 Å². The maximum absolute atomic E-state index is 12.7. The molecule has 1 fully saturated rings. The van der Waals surface area contributed by atoms with Crippen LogP contribution in [0.3, 0.4) is 0 Å². The minimum Gasteiger partial charge on any atom is -0.321 e. The lowest BCUT2D eigenvalue weighted by atomic mass is 10.3. The zero-order valence-electron chi connectivity index (χ0n) is 13.3. The molecule has 1 aromatic carbocycles. The average molecular weight is 365 g/mol. The van der Waals surface area contributed by atoms with Gasteiger partial charge in [-0.15, -0.1) is 11.3 Å². The molecule has 3 rings (SSSR count). The minimum absolute atomic E-state index is 0.190. The maximum Gasteiger partial charge on any atom is 0.265 e. The normalized spacial score (nSPS) is 16.9. The molecule has 0 unspecified atom stereocenters.